The number of nitrogens with two attached hydrogens (primary N) is 1. The van der Waals surface area contributed by atoms with Crippen molar-refractivity contribution in [1.82, 2.24) is 0 Å². The van der Waals surface area contributed by atoms with Crippen LogP contribution in [-0.4, -0.2) is 17.4 Å². The molecule has 2 rings (SSSR count). The molecule has 0 aromatic heterocycles. The number of rotatable bonds is 1. The lowest BCUT2D eigenvalue weighted by atomic mass is 9.91. The van der Waals surface area contributed by atoms with Crippen LogP contribution in [0.15, 0.2) is 29.2 Å². The fraction of sp³-hybridized carbons (Fsp3) is 0.400. The molecule has 0 radical (unpaired) electrons. The molecule has 0 fully saturated rings. The predicted octanol–water partition coefficient (Wildman–Crippen LogP) is 1.33. The molecule has 1 aromatic rings. The number of fused-ring (bicyclic) bond motifs is 1. The molecule has 0 aliphatic carbocycles. The lowest BCUT2D eigenvalue weighted by molar-refractivity contribution is 0.0386. The average molecular weight is 195 g/mol. The molecule has 1 atom stereocenters. The minimum Gasteiger partial charge on any atom is -0.384 e. The molecule has 0 spiro atoms. The molecule has 1 heterocycles. The molecular weight excluding hydrogens is 182 g/mol. The van der Waals surface area contributed by atoms with Crippen molar-refractivity contribution in [1.29, 1.82) is 0 Å². The fourth-order valence-electron chi connectivity index (χ4n) is 1.65. The summed E-state index contributed by atoms with van der Waals surface area (Å²) in [6.45, 7) is 0.310. The van der Waals surface area contributed by atoms with E-state index >= 15 is 0 Å². The van der Waals surface area contributed by atoms with Crippen LogP contribution in [-0.2, 0) is 5.60 Å². The Kier molecular flexibility index (Phi) is 2.32. The number of hydrogen-bond donors (Lipinski definition) is 2. The normalized spacial score (nSPS) is 26.9. The van der Waals surface area contributed by atoms with Gasteiger partial charge in [-0.3, -0.25) is 0 Å². The van der Waals surface area contributed by atoms with Gasteiger partial charge in [-0.25, -0.2) is 0 Å². The van der Waals surface area contributed by atoms with Gasteiger partial charge in [0.2, 0.25) is 0 Å². The maximum absolute atomic E-state index is 10.2. The highest BCUT2D eigenvalue weighted by Gasteiger charge is 2.32. The molecule has 3 heteroatoms. The molecule has 1 aliphatic heterocycles. The number of benzene rings is 1. The first kappa shape index (κ1) is 9.06. The van der Waals surface area contributed by atoms with Crippen LogP contribution in [0, 0.1) is 0 Å². The standard InChI is InChI=1S/C10H13NOS/c11-7-10(12)5-6-13-9-4-2-1-3-8(9)10/h1-4,12H,5-7,11H2. The topological polar surface area (TPSA) is 46.2 Å². The summed E-state index contributed by atoms with van der Waals surface area (Å²) in [5, 5.41) is 10.2. The van der Waals surface area contributed by atoms with E-state index in [9.17, 15) is 5.11 Å². The van der Waals surface area contributed by atoms with Crippen molar-refractivity contribution in [3.05, 3.63) is 29.8 Å². The number of aliphatic hydroxyl groups is 1. The molecule has 13 heavy (non-hydrogen) atoms. The molecule has 2 nitrogen and oxygen atoms in total. The second-order valence-corrected chi connectivity index (χ2v) is 4.47. The first-order valence-electron chi connectivity index (χ1n) is 4.41. The summed E-state index contributed by atoms with van der Waals surface area (Å²) in [6, 6.07) is 7.95. The van der Waals surface area contributed by atoms with Gasteiger partial charge in [0.1, 0.15) is 5.60 Å². The van der Waals surface area contributed by atoms with Gasteiger partial charge in [0.15, 0.2) is 0 Å². The van der Waals surface area contributed by atoms with Crippen molar-refractivity contribution in [2.75, 3.05) is 12.3 Å². The minimum absolute atomic E-state index is 0.310. The van der Waals surface area contributed by atoms with Gasteiger partial charge in [-0.2, -0.15) is 0 Å². The summed E-state index contributed by atoms with van der Waals surface area (Å²) >= 11 is 1.79. The van der Waals surface area contributed by atoms with Gasteiger partial charge in [0.05, 0.1) is 0 Å². The van der Waals surface area contributed by atoms with E-state index in [0.29, 0.717) is 6.54 Å². The fourth-order valence-corrected chi connectivity index (χ4v) is 2.90. The lowest BCUT2D eigenvalue weighted by Crippen LogP contribution is -2.37. The first-order valence-corrected chi connectivity index (χ1v) is 5.39. The molecule has 1 aromatic carbocycles. The Hall–Kier alpha value is -0.510. The Labute approximate surface area is 82.1 Å². The summed E-state index contributed by atoms with van der Waals surface area (Å²) in [7, 11) is 0. The van der Waals surface area contributed by atoms with Crippen molar-refractivity contribution in [2.24, 2.45) is 5.73 Å². The summed E-state index contributed by atoms with van der Waals surface area (Å²) in [5.74, 6) is 0.949. The smallest absolute Gasteiger partial charge is 0.104 e. The largest absolute Gasteiger partial charge is 0.384 e. The third-order valence-corrected chi connectivity index (χ3v) is 3.57. The van der Waals surface area contributed by atoms with Crippen molar-refractivity contribution in [3.8, 4) is 0 Å². The Balaban J connectivity index is 2.48. The van der Waals surface area contributed by atoms with Crippen molar-refractivity contribution < 1.29 is 5.11 Å². The highest BCUT2D eigenvalue weighted by Crippen LogP contribution is 2.39. The van der Waals surface area contributed by atoms with Crippen molar-refractivity contribution in [2.45, 2.75) is 16.9 Å². The summed E-state index contributed by atoms with van der Waals surface area (Å²) in [5.41, 5.74) is 5.80. The third-order valence-electron chi connectivity index (χ3n) is 2.50. The zero-order valence-electron chi connectivity index (χ0n) is 7.36. The van der Waals surface area contributed by atoms with Gasteiger partial charge in [0, 0.05) is 17.2 Å². The molecule has 1 unspecified atom stereocenters. The Morgan fingerprint density at radius 2 is 2.23 bits per heavy atom. The van der Waals surface area contributed by atoms with Crippen molar-refractivity contribution >= 4 is 11.8 Å². The van der Waals surface area contributed by atoms with Crippen LogP contribution in [0.2, 0.25) is 0 Å². The van der Waals surface area contributed by atoms with Crippen LogP contribution in [0.5, 0.6) is 0 Å². The SMILES string of the molecule is NCC1(O)CCSc2ccccc21. The molecule has 0 saturated heterocycles. The van der Waals surface area contributed by atoms with E-state index in [1.165, 1.54) is 4.90 Å². The number of thioether (sulfide) groups is 1. The van der Waals surface area contributed by atoms with E-state index in [2.05, 4.69) is 0 Å². The summed E-state index contributed by atoms with van der Waals surface area (Å²) in [4.78, 5) is 1.17. The van der Waals surface area contributed by atoms with Gasteiger partial charge >= 0.3 is 0 Å². The first-order chi connectivity index (χ1) is 6.26. The highest BCUT2D eigenvalue weighted by molar-refractivity contribution is 7.99. The summed E-state index contributed by atoms with van der Waals surface area (Å²) < 4.78 is 0. The maximum Gasteiger partial charge on any atom is 0.104 e. The van der Waals surface area contributed by atoms with Gasteiger partial charge in [-0.15, -0.1) is 11.8 Å². The van der Waals surface area contributed by atoms with E-state index in [4.69, 9.17) is 5.73 Å². The van der Waals surface area contributed by atoms with Crippen LogP contribution in [0.3, 0.4) is 0 Å². The average Bonchev–Trinajstić information content (AvgIpc) is 2.19. The third kappa shape index (κ3) is 1.47. The maximum atomic E-state index is 10.2. The van der Waals surface area contributed by atoms with Crippen LogP contribution in [0.1, 0.15) is 12.0 Å². The molecule has 70 valence electrons. The minimum atomic E-state index is -0.790. The van der Waals surface area contributed by atoms with Gasteiger partial charge in [-0.1, -0.05) is 18.2 Å². The Bertz CT molecular complexity index is 316. The van der Waals surface area contributed by atoms with E-state index in [1.54, 1.807) is 11.8 Å². The van der Waals surface area contributed by atoms with Crippen LogP contribution < -0.4 is 5.73 Å². The Morgan fingerprint density at radius 1 is 1.46 bits per heavy atom. The molecule has 3 N–H and O–H groups in total. The monoisotopic (exact) mass is 195 g/mol. The molecule has 0 amide bonds. The second kappa shape index (κ2) is 3.33. The molecular formula is C10H13NOS. The van der Waals surface area contributed by atoms with Crippen LogP contribution in [0.4, 0.5) is 0 Å². The molecule has 1 aliphatic rings. The van der Waals surface area contributed by atoms with E-state index in [-0.39, 0.29) is 0 Å². The summed E-state index contributed by atoms with van der Waals surface area (Å²) in [6.07, 6.45) is 0.755. The zero-order chi connectivity index (χ0) is 9.31. The predicted molar refractivity (Wildman–Crippen MR) is 54.7 cm³/mol. The Morgan fingerprint density at radius 3 is 3.00 bits per heavy atom. The van der Waals surface area contributed by atoms with E-state index in [1.807, 2.05) is 24.3 Å². The van der Waals surface area contributed by atoms with Gasteiger partial charge < -0.3 is 10.8 Å². The van der Waals surface area contributed by atoms with Crippen LogP contribution in [0.25, 0.3) is 0 Å². The van der Waals surface area contributed by atoms with Gasteiger partial charge in [-0.05, 0) is 18.1 Å². The molecule has 0 saturated carbocycles. The zero-order valence-corrected chi connectivity index (χ0v) is 8.18. The lowest BCUT2D eigenvalue weighted by Gasteiger charge is -2.32. The highest BCUT2D eigenvalue weighted by atomic mass is 32.2. The van der Waals surface area contributed by atoms with E-state index in [0.717, 1.165) is 17.7 Å². The quantitative estimate of drug-likeness (QED) is 0.710. The van der Waals surface area contributed by atoms with Gasteiger partial charge in [0.25, 0.3) is 0 Å². The molecule has 0 bridgehead atoms. The number of hydrogen-bond acceptors (Lipinski definition) is 3. The van der Waals surface area contributed by atoms with Crippen LogP contribution >= 0.6 is 11.8 Å². The van der Waals surface area contributed by atoms with Crippen molar-refractivity contribution in [3.63, 3.8) is 0 Å². The van der Waals surface area contributed by atoms with E-state index < -0.39 is 5.60 Å². The second-order valence-electron chi connectivity index (χ2n) is 3.33.